The van der Waals surface area contributed by atoms with E-state index in [9.17, 15) is 14.0 Å². The first kappa shape index (κ1) is 23.4. The third kappa shape index (κ3) is 3.74. The highest BCUT2D eigenvalue weighted by Crippen LogP contribution is 2.34. The smallest absolute Gasteiger partial charge is 0.263 e. The van der Waals surface area contributed by atoms with Crippen LogP contribution in [0.3, 0.4) is 0 Å². The molecule has 194 valence electrons. The summed E-state index contributed by atoms with van der Waals surface area (Å²) in [5.74, 6) is 0.226. The maximum Gasteiger partial charge on any atom is 0.263 e. The molecule has 1 amide bonds. The lowest BCUT2D eigenvalue weighted by Gasteiger charge is -2.37. The van der Waals surface area contributed by atoms with Gasteiger partial charge in [0.05, 0.1) is 16.6 Å². The van der Waals surface area contributed by atoms with Crippen molar-refractivity contribution in [1.29, 1.82) is 0 Å². The Morgan fingerprint density at radius 2 is 1.64 bits per heavy atom. The van der Waals surface area contributed by atoms with E-state index in [0.29, 0.717) is 37.3 Å². The van der Waals surface area contributed by atoms with Gasteiger partial charge >= 0.3 is 0 Å². The van der Waals surface area contributed by atoms with Crippen LogP contribution in [0, 0.1) is 5.82 Å². The van der Waals surface area contributed by atoms with Crippen LogP contribution >= 0.6 is 0 Å². The Kier molecular flexibility index (Phi) is 5.36. The number of rotatable bonds is 4. The number of hydrogen-bond donors (Lipinski definition) is 0. The summed E-state index contributed by atoms with van der Waals surface area (Å²) in [6, 6.07) is 21.5. The highest BCUT2D eigenvalue weighted by Gasteiger charge is 2.27. The van der Waals surface area contributed by atoms with Crippen molar-refractivity contribution < 1.29 is 13.9 Å². The van der Waals surface area contributed by atoms with Gasteiger partial charge in [-0.1, -0.05) is 18.2 Å². The second kappa shape index (κ2) is 8.94. The second-order valence-corrected chi connectivity index (χ2v) is 9.97. The number of ether oxygens (including phenoxy) is 1. The standard InChI is InChI=1S/C31H25FN4O3/c1-19(30(37)35-16-14-34(15-17-35)21-8-6-20(32)7-9-21)39-22-10-11-27-26(18-22)24-12-13-33-28-23-4-2-3-5-25(23)31(38)36(27)29(24)28/h2-13,18-19H,14-17H2,1H3/t19-/m1/s1. The van der Waals surface area contributed by atoms with E-state index in [1.54, 1.807) is 29.7 Å². The summed E-state index contributed by atoms with van der Waals surface area (Å²) in [4.78, 5) is 35.2. The zero-order valence-electron chi connectivity index (χ0n) is 21.3. The van der Waals surface area contributed by atoms with Gasteiger partial charge in [-0.05, 0) is 61.5 Å². The van der Waals surface area contributed by atoms with Crippen molar-refractivity contribution in [3.05, 3.63) is 95.2 Å². The number of benzene rings is 3. The topological polar surface area (TPSA) is 67.1 Å². The highest BCUT2D eigenvalue weighted by molar-refractivity contribution is 6.18. The number of nitrogens with zero attached hydrogens (tertiary/aromatic N) is 4. The molecule has 0 radical (unpaired) electrons. The van der Waals surface area contributed by atoms with E-state index in [4.69, 9.17) is 4.74 Å². The molecule has 1 aliphatic heterocycles. The lowest BCUT2D eigenvalue weighted by molar-refractivity contribution is -0.138. The second-order valence-electron chi connectivity index (χ2n) is 9.97. The van der Waals surface area contributed by atoms with Crippen LogP contribution in [0.25, 0.3) is 38.1 Å². The van der Waals surface area contributed by atoms with Crippen molar-refractivity contribution in [2.24, 2.45) is 0 Å². The minimum absolute atomic E-state index is 0.0775. The minimum atomic E-state index is -0.674. The minimum Gasteiger partial charge on any atom is -0.481 e. The van der Waals surface area contributed by atoms with E-state index >= 15 is 0 Å². The van der Waals surface area contributed by atoms with E-state index in [1.807, 2.05) is 53.4 Å². The Morgan fingerprint density at radius 1 is 0.897 bits per heavy atom. The average Bonchev–Trinajstić information content (AvgIpc) is 3.31. The summed E-state index contributed by atoms with van der Waals surface area (Å²) in [5.41, 5.74) is 3.22. The van der Waals surface area contributed by atoms with Gasteiger partial charge in [-0.25, -0.2) is 4.39 Å². The molecule has 1 atom stereocenters. The maximum absolute atomic E-state index is 13.5. The summed E-state index contributed by atoms with van der Waals surface area (Å²) < 4.78 is 21.1. The fraction of sp³-hybridized carbons (Fsp3) is 0.194. The van der Waals surface area contributed by atoms with Crippen LogP contribution in [0.2, 0.25) is 0 Å². The van der Waals surface area contributed by atoms with Gasteiger partial charge in [0.2, 0.25) is 0 Å². The van der Waals surface area contributed by atoms with Gasteiger partial charge in [0.25, 0.3) is 11.5 Å². The number of carbonyl (C=O) groups is 1. The van der Waals surface area contributed by atoms with Crippen molar-refractivity contribution in [3.8, 4) is 5.75 Å². The predicted octanol–water partition coefficient (Wildman–Crippen LogP) is 4.85. The van der Waals surface area contributed by atoms with Crippen molar-refractivity contribution in [3.63, 3.8) is 0 Å². The Hall–Kier alpha value is -4.72. The van der Waals surface area contributed by atoms with Gasteiger partial charge < -0.3 is 14.5 Å². The molecule has 1 aliphatic rings. The molecule has 3 aromatic heterocycles. The summed E-state index contributed by atoms with van der Waals surface area (Å²) in [7, 11) is 0. The number of anilines is 1. The molecule has 4 heterocycles. The van der Waals surface area contributed by atoms with Crippen LogP contribution < -0.4 is 15.2 Å². The van der Waals surface area contributed by atoms with Crippen LogP contribution in [0.15, 0.2) is 83.8 Å². The monoisotopic (exact) mass is 520 g/mol. The van der Waals surface area contributed by atoms with E-state index < -0.39 is 6.10 Å². The molecule has 0 unspecified atom stereocenters. The molecule has 0 N–H and O–H groups in total. The molecular weight excluding hydrogens is 495 g/mol. The molecule has 6 aromatic rings. The number of carbonyl (C=O) groups excluding carboxylic acids is 1. The summed E-state index contributed by atoms with van der Waals surface area (Å²) in [5, 5.41) is 3.25. The van der Waals surface area contributed by atoms with E-state index in [-0.39, 0.29) is 17.3 Å². The van der Waals surface area contributed by atoms with E-state index in [1.165, 1.54) is 12.1 Å². The first-order valence-corrected chi connectivity index (χ1v) is 13.0. The summed E-state index contributed by atoms with van der Waals surface area (Å²) in [6.07, 6.45) is 1.09. The van der Waals surface area contributed by atoms with Crippen LogP contribution in [0.5, 0.6) is 5.75 Å². The van der Waals surface area contributed by atoms with Gasteiger partial charge in [-0.2, -0.15) is 0 Å². The van der Waals surface area contributed by atoms with E-state index in [2.05, 4.69) is 9.88 Å². The Labute approximate surface area is 223 Å². The van der Waals surface area contributed by atoms with Crippen LogP contribution in [0.1, 0.15) is 6.92 Å². The van der Waals surface area contributed by atoms with Gasteiger partial charge in [0.15, 0.2) is 6.10 Å². The first-order valence-electron chi connectivity index (χ1n) is 13.0. The molecule has 7 rings (SSSR count). The van der Waals surface area contributed by atoms with Gasteiger partial charge in [-0.3, -0.25) is 19.0 Å². The van der Waals surface area contributed by atoms with Crippen LogP contribution in [-0.2, 0) is 4.79 Å². The third-order valence-electron chi connectivity index (χ3n) is 7.71. The molecule has 0 aliphatic carbocycles. The molecule has 39 heavy (non-hydrogen) atoms. The summed E-state index contributed by atoms with van der Waals surface area (Å²) in [6.45, 7) is 4.23. The quantitative estimate of drug-likeness (QED) is 0.311. The van der Waals surface area contributed by atoms with Crippen LogP contribution in [0.4, 0.5) is 10.1 Å². The fourth-order valence-corrected chi connectivity index (χ4v) is 5.77. The molecule has 7 nitrogen and oxygen atoms in total. The van der Waals surface area contributed by atoms with Crippen molar-refractivity contribution in [1.82, 2.24) is 14.3 Å². The highest BCUT2D eigenvalue weighted by atomic mass is 19.1. The number of amides is 1. The summed E-state index contributed by atoms with van der Waals surface area (Å²) >= 11 is 0. The Balaban J connectivity index is 1.15. The molecule has 1 fully saturated rings. The number of hydrogen-bond acceptors (Lipinski definition) is 5. The van der Waals surface area contributed by atoms with Crippen molar-refractivity contribution in [2.45, 2.75) is 13.0 Å². The number of halogens is 1. The van der Waals surface area contributed by atoms with Gasteiger partial charge in [0, 0.05) is 59.6 Å². The van der Waals surface area contributed by atoms with Gasteiger partial charge in [-0.15, -0.1) is 0 Å². The van der Waals surface area contributed by atoms with Crippen molar-refractivity contribution in [2.75, 3.05) is 31.1 Å². The van der Waals surface area contributed by atoms with Gasteiger partial charge in [0.1, 0.15) is 11.6 Å². The Morgan fingerprint density at radius 3 is 2.41 bits per heavy atom. The molecule has 0 saturated carbocycles. The fourth-order valence-electron chi connectivity index (χ4n) is 5.77. The van der Waals surface area contributed by atoms with Crippen molar-refractivity contribution >= 4 is 49.7 Å². The molecule has 1 saturated heterocycles. The lowest BCUT2D eigenvalue weighted by atomic mass is 10.1. The number of aromatic nitrogens is 2. The SMILES string of the molecule is C[C@@H](Oc1ccc2c(c1)c1ccnc3c4ccccc4c(=O)n2c13)C(=O)N1CCN(c2ccc(F)cc2)CC1. The molecule has 8 heteroatoms. The zero-order valence-corrected chi connectivity index (χ0v) is 21.3. The predicted molar refractivity (Wildman–Crippen MR) is 150 cm³/mol. The lowest BCUT2D eigenvalue weighted by Crippen LogP contribution is -2.52. The number of fused-ring (bicyclic) bond motifs is 5. The third-order valence-corrected chi connectivity index (χ3v) is 7.71. The first-order chi connectivity index (χ1) is 19.0. The van der Waals surface area contributed by atoms with E-state index in [0.717, 1.165) is 38.4 Å². The average molecular weight is 521 g/mol. The maximum atomic E-state index is 13.5. The Bertz CT molecular complexity index is 1930. The van der Waals surface area contributed by atoms with Crippen LogP contribution in [-0.4, -0.2) is 52.5 Å². The largest absolute Gasteiger partial charge is 0.481 e. The molecular formula is C31H25FN4O3. The molecule has 0 bridgehead atoms. The molecule has 3 aromatic carbocycles. The number of piperazine rings is 1. The number of pyridine rings is 2. The molecule has 0 spiro atoms. The normalized spacial score (nSPS) is 15.0. The zero-order chi connectivity index (χ0) is 26.7.